The molecule has 2 aliphatic rings. The van der Waals surface area contributed by atoms with Crippen LogP contribution in [0, 0.1) is 0 Å². The van der Waals surface area contributed by atoms with Crippen LogP contribution in [0.4, 0.5) is 0 Å². The third-order valence-corrected chi connectivity index (χ3v) is 8.86. The number of carbonyl (C=O) groups is 1. The first-order valence-electron chi connectivity index (χ1n) is 14.3. The van der Waals surface area contributed by atoms with Crippen molar-refractivity contribution in [2.24, 2.45) is 0 Å². The van der Waals surface area contributed by atoms with Crippen molar-refractivity contribution in [3.63, 3.8) is 0 Å². The first-order valence-corrected chi connectivity index (χ1v) is 15.5. The molecule has 2 aromatic carbocycles. The van der Waals surface area contributed by atoms with Gasteiger partial charge in [-0.3, -0.25) is 14.6 Å². The number of nitrogens with one attached hydrogen (secondary N) is 2. The van der Waals surface area contributed by atoms with E-state index in [9.17, 15) is 4.79 Å². The zero-order valence-electron chi connectivity index (χ0n) is 23.3. The van der Waals surface area contributed by atoms with Gasteiger partial charge in [-0.15, -0.1) is 10.2 Å². The van der Waals surface area contributed by atoms with Gasteiger partial charge >= 0.3 is 0 Å². The molecule has 2 aliphatic heterocycles. The smallest absolute Gasteiger partial charge is 0.266 e. The molecule has 0 radical (unpaired) electrons. The summed E-state index contributed by atoms with van der Waals surface area (Å²) in [4.78, 5) is 21.2. The number of ether oxygens (including phenoxy) is 2. The molecule has 10 nitrogen and oxygen atoms in total. The molecule has 0 saturated carbocycles. The number of carbonyl (C=O) groups excluding carboxylic acids is 1. The first kappa shape index (κ1) is 28.5. The molecule has 4 aromatic rings. The number of aryl methyl sites for hydroxylation is 1. The fourth-order valence-corrected chi connectivity index (χ4v) is 6.49. The summed E-state index contributed by atoms with van der Waals surface area (Å²) in [5, 5.41) is 15.2. The van der Waals surface area contributed by atoms with E-state index in [1.807, 2.05) is 24.4 Å². The molecule has 12 heteroatoms. The summed E-state index contributed by atoms with van der Waals surface area (Å²) in [6.45, 7) is 5.43. The van der Waals surface area contributed by atoms with Crippen LogP contribution in [0.25, 0.3) is 28.1 Å². The Kier molecular flexibility index (Phi) is 9.24. The molecule has 0 bridgehead atoms. The van der Waals surface area contributed by atoms with Gasteiger partial charge in [-0.05, 0) is 65.8 Å². The number of morpholine rings is 1. The Morgan fingerprint density at radius 2 is 1.98 bits per heavy atom. The van der Waals surface area contributed by atoms with Gasteiger partial charge in [0.2, 0.25) is 0 Å². The normalized spacial score (nSPS) is 17.1. The predicted octanol–water partition coefficient (Wildman–Crippen LogP) is 4.67. The maximum atomic E-state index is 13.3. The number of fused-ring (bicyclic) bond motifs is 1. The summed E-state index contributed by atoms with van der Waals surface area (Å²) in [6, 6.07) is 14.5. The molecule has 2 saturated heterocycles. The van der Waals surface area contributed by atoms with Crippen LogP contribution in [0.3, 0.4) is 0 Å². The number of hydrogen-bond donors (Lipinski definition) is 2. The molecule has 218 valence electrons. The average molecular weight is 604 g/mol. The molecule has 6 rings (SSSR count). The number of aromatic amines is 2. The van der Waals surface area contributed by atoms with Gasteiger partial charge in [-0.25, -0.2) is 0 Å². The minimum absolute atomic E-state index is 0.0377. The zero-order chi connectivity index (χ0) is 28.7. The molecule has 0 unspecified atom stereocenters. The number of aromatic nitrogens is 5. The lowest BCUT2D eigenvalue weighted by Gasteiger charge is -2.26. The van der Waals surface area contributed by atoms with Crippen molar-refractivity contribution in [3.8, 4) is 16.9 Å². The van der Waals surface area contributed by atoms with Crippen molar-refractivity contribution >= 4 is 51.2 Å². The zero-order valence-corrected chi connectivity index (χ0v) is 24.9. The number of tetrazole rings is 1. The molecule has 0 spiro atoms. The van der Waals surface area contributed by atoms with Gasteiger partial charge < -0.3 is 14.5 Å². The molecule has 0 atom stereocenters. The lowest BCUT2D eigenvalue weighted by atomic mass is 10.00. The second kappa shape index (κ2) is 13.6. The molecule has 2 N–H and O–H groups in total. The molecular weight excluding hydrogens is 571 g/mol. The number of H-pyrrole nitrogens is 2. The topological polar surface area (TPSA) is 112 Å². The van der Waals surface area contributed by atoms with Crippen LogP contribution in [-0.2, 0) is 16.0 Å². The van der Waals surface area contributed by atoms with Gasteiger partial charge in [-0.1, -0.05) is 47.7 Å². The summed E-state index contributed by atoms with van der Waals surface area (Å²) < 4.78 is 12.4. The number of hydrogen-bond acceptors (Lipinski definition) is 9. The number of nitrogens with zero attached hydrogens (tertiary/aromatic N) is 5. The van der Waals surface area contributed by atoms with Crippen LogP contribution >= 0.6 is 24.0 Å². The Balaban J connectivity index is 1.15. The van der Waals surface area contributed by atoms with Crippen molar-refractivity contribution in [3.05, 3.63) is 65.0 Å². The van der Waals surface area contributed by atoms with Crippen molar-refractivity contribution in [2.45, 2.75) is 25.7 Å². The Hall–Kier alpha value is -3.58. The molecule has 2 aromatic heterocycles. The Morgan fingerprint density at radius 1 is 1.07 bits per heavy atom. The first-order chi connectivity index (χ1) is 20.6. The number of benzene rings is 2. The Bertz CT molecular complexity index is 1560. The number of thioether (sulfide) groups is 1. The quantitative estimate of drug-likeness (QED) is 0.136. The number of amides is 1. The maximum absolute atomic E-state index is 13.3. The SMILES string of the molecule is O=C1C(=Cc2ccc(OCCN3CCOCC3)c(-c3ccc4[nH]ccc4c3)c2)SC(=S)N1CCCCCc1nn[nH]n1. The van der Waals surface area contributed by atoms with E-state index in [0.29, 0.717) is 28.2 Å². The maximum Gasteiger partial charge on any atom is 0.266 e. The monoisotopic (exact) mass is 603 g/mol. The van der Waals surface area contributed by atoms with E-state index in [-0.39, 0.29) is 5.91 Å². The molecule has 2 fully saturated rings. The number of unbranched alkanes of at least 4 members (excludes halogenated alkanes) is 2. The fraction of sp³-hybridized carbons (Fsp3) is 0.367. The minimum Gasteiger partial charge on any atom is -0.492 e. The Labute approximate surface area is 253 Å². The predicted molar refractivity (Wildman–Crippen MR) is 168 cm³/mol. The highest BCUT2D eigenvalue weighted by Crippen LogP contribution is 2.36. The molecular formula is C30H33N7O3S2. The van der Waals surface area contributed by atoms with E-state index in [1.54, 1.807) is 4.90 Å². The van der Waals surface area contributed by atoms with E-state index in [2.05, 4.69) is 60.8 Å². The second-order valence-electron chi connectivity index (χ2n) is 10.3. The van der Waals surface area contributed by atoms with Gasteiger partial charge in [-0.2, -0.15) is 5.21 Å². The third-order valence-electron chi connectivity index (χ3n) is 7.48. The number of thiocarbonyl (C=S) groups is 1. The summed E-state index contributed by atoms with van der Waals surface area (Å²) >= 11 is 6.94. The van der Waals surface area contributed by atoms with Crippen molar-refractivity contribution in [1.29, 1.82) is 0 Å². The van der Waals surface area contributed by atoms with Crippen LogP contribution in [-0.4, -0.2) is 91.6 Å². The summed E-state index contributed by atoms with van der Waals surface area (Å²) in [5.74, 6) is 1.50. The van der Waals surface area contributed by atoms with Crippen molar-refractivity contribution in [2.75, 3.05) is 46.0 Å². The summed E-state index contributed by atoms with van der Waals surface area (Å²) in [7, 11) is 0. The third kappa shape index (κ3) is 6.89. The van der Waals surface area contributed by atoms with E-state index in [0.717, 1.165) is 91.9 Å². The van der Waals surface area contributed by atoms with Crippen LogP contribution < -0.4 is 4.74 Å². The lowest BCUT2D eigenvalue weighted by molar-refractivity contribution is -0.122. The van der Waals surface area contributed by atoms with Crippen LogP contribution in [0.1, 0.15) is 30.7 Å². The second-order valence-corrected chi connectivity index (χ2v) is 12.0. The molecule has 1 amide bonds. The van der Waals surface area contributed by atoms with Crippen molar-refractivity contribution < 1.29 is 14.3 Å². The molecule has 4 heterocycles. The van der Waals surface area contributed by atoms with Crippen LogP contribution in [0.2, 0.25) is 0 Å². The lowest BCUT2D eigenvalue weighted by Crippen LogP contribution is -2.38. The van der Waals surface area contributed by atoms with Gasteiger partial charge in [0.25, 0.3) is 5.91 Å². The number of rotatable bonds is 12. The standard InChI is InChI=1S/C30H33N7O3S2/c38-29-27(42-30(41)37(29)11-3-1-2-4-28-32-34-35-33-28)19-21-5-8-26(40-17-14-36-12-15-39-16-13-36)24(18-21)22-6-7-25-23(20-22)9-10-31-25/h5-10,18-20,31H,1-4,11-17H2,(H,32,33,34,35). The summed E-state index contributed by atoms with van der Waals surface area (Å²) in [5.41, 5.74) is 4.07. The highest BCUT2D eigenvalue weighted by Gasteiger charge is 2.31. The van der Waals surface area contributed by atoms with Gasteiger partial charge in [0.15, 0.2) is 5.82 Å². The minimum atomic E-state index is -0.0377. The average Bonchev–Trinajstić information content (AvgIpc) is 3.76. The van der Waals surface area contributed by atoms with Crippen LogP contribution in [0.15, 0.2) is 53.6 Å². The highest BCUT2D eigenvalue weighted by molar-refractivity contribution is 8.26. The molecule has 42 heavy (non-hydrogen) atoms. The largest absolute Gasteiger partial charge is 0.492 e. The van der Waals surface area contributed by atoms with Gasteiger partial charge in [0.1, 0.15) is 16.7 Å². The summed E-state index contributed by atoms with van der Waals surface area (Å²) in [6.07, 6.45) is 7.39. The van der Waals surface area contributed by atoms with E-state index in [1.165, 1.54) is 11.8 Å². The highest BCUT2D eigenvalue weighted by atomic mass is 32.2. The Morgan fingerprint density at radius 3 is 2.83 bits per heavy atom. The van der Waals surface area contributed by atoms with E-state index in [4.69, 9.17) is 21.7 Å². The molecule has 0 aliphatic carbocycles. The van der Waals surface area contributed by atoms with Gasteiger partial charge in [0.05, 0.1) is 18.1 Å². The van der Waals surface area contributed by atoms with Crippen LogP contribution in [0.5, 0.6) is 5.75 Å². The van der Waals surface area contributed by atoms with Gasteiger partial charge in [0, 0.05) is 49.9 Å². The van der Waals surface area contributed by atoms with Crippen molar-refractivity contribution in [1.82, 2.24) is 35.4 Å². The van der Waals surface area contributed by atoms with E-state index >= 15 is 0 Å². The fourth-order valence-electron chi connectivity index (χ4n) is 5.18. The van der Waals surface area contributed by atoms with E-state index < -0.39 is 0 Å².